The van der Waals surface area contributed by atoms with E-state index in [1.165, 1.54) is 5.69 Å². The summed E-state index contributed by atoms with van der Waals surface area (Å²) in [5.74, 6) is 0.138. The van der Waals surface area contributed by atoms with Crippen molar-refractivity contribution < 1.29 is 5.11 Å². The number of aliphatic hydroxyl groups excluding tert-OH is 1. The first kappa shape index (κ1) is 18.7. The molecule has 0 saturated carbocycles. The number of thiol groups is 1. The van der Waals surface area contributed by atoms with Crippen LogP contribution in [0.25, 0.3) is 22.0 Å². The summed E-state index contributed by atoms with van der Waals surface area (Å²) in [5.41, 5.74) is 7.53. The van der Waals surface area contributed by atoms with Gasteiger partial charge in [-0.1, -0.05) is 43.1 Å². The number of aliphatic hydroxyl groups is 1. The third kappa shape index (κ3) is 3.08. The summed E-state index contributed by atoms with van der Waals surface area (Å²) < 4.78 is 5.34. The van der Waals surface area contributed by atoms with Gasteiger partial charge in [0, 0.05) is 29.1 Å². The van der Waals surface area contributed by atoms with Crippen molar-refractivity contribution in [3.63, 3.8) is 0 Å². The second kappa shape index (κ2) is 7.29. The number of halogens is 1. The van der Waals surface area contributed by atoms with Gasteiger partial charge in [0.2, 0.25) is 0 Å². The summed E-state index contributed by atoms with van der Waals surface area (Å²) in [5, 5.41) is 11.8. The topological polar surface area (TPSA) is 37.2 Å². The van der Waals surface area contributed by atoms with Gasteiger partial charge >= 0.3 is 0 Å². The van der Waals surface area contributed by atoms with Gasteiger partial charge in [-0.15, -0.1) is 0 Å². The van der Waals surface area contributed by atoms with Crippen LogP contribution in [0.3, 0.4) is 0 Å². The van der Waals surface area contributed by atoms with Gasteiger partial charge in [0.05, 0.1) is 17.0 Å². The highest BCUT2D eigenvalue weighted by atomic mass is 35.5. The van der Waals surface area contributed by atoms with Crippen molar-refractivity contribution in [2.45, 2.75) is 33.7 Å². The van der Waals surface area contributed by atoms with Crippen LogP contribution in [-0.4, -0.2) is 9.67 Å². The summed E-state index contributed by atoms with van der Waals surface area (Å²) in [6.07, 6.45) is 0.387. The van der Waals surface area contributed by atoms with Crippen molar-refractivity contribution in [1.82, 2.24) is 4.57 Å². The number of nitrogens with zero attached hydrogens (tertiary/aromatic N) is 1. The standard InChI is InChI=1S/C21H23ClN2OS/c1-5-24-12(2)10-18-19(15-6-8-16(22)9-7-15)17(11-13(3)25)14(4)20(23-26)21(18)24/h6-10,23,25-26H,3,5,11H2,1-2,4H3. The molecule has 0 saturated heterocycles. The number of fused-ring (bicyclic) bond motifs is 1. The Balaban J connectivity index is 2.50. The molecule has 2 aromatic carbocycles. The van der Waals surface area contributed by atoms with E-state index in [1.54, 1.807) is 0 Å². The molecule has 26 heavy (non-hydrogen) atoms. The number of nitrogens with one attached hydrogen (secondary N) is 1. The van der Waals surface area contributed by atoms with Crippen LogP contribution in [0.15, 0.2) is 42.7 Å². The lowest BCUT2D eigenvalue weighted by Gasteiger charge is -2.20. The lowest BCUT2D eigenvalue weighted by Crippen LogP contribution is -2.04. The van der Waals surface area contributed by atoms with Gasteiger partial charge in [-0.3, -0.25) is 0 Å². The number of anilines is 1. The van der Waals surface area contributed by atoms with Gasteiger partial charge in [0.25, 0.3) is 0 Å². The number of rotatable bonds is 5. The Morgan fingerprint density at radius 1 is 1.27 bits per heavy atom. The second-order valence-corrected chi connectivity index (χ2v) is 7.17. The van der Waals surface area contributed by atoms with Crippen molar-refractivity contribution in [3.8, 4) is 11.1 Å². The van der Waals surface area contributed by atoms with Crippen LogP contribution in [0, 0.1) is 13.8 Å². The van der Waals surface area contributed by atoms with E-state index in [9.17, 15) is 5.11 Å². The lowest BCUT2D eigenvalue weighted by atomic mass is 9.89. The normalized spacial score (nSPS) is 11.1. The molecule has 0 bridgehead atoms. The van der Waals surface area contributed by atoms with E-state index in [0.717, 1.165) is 45.4 Å². The summed E-state index contributed by atoms with van der Waals surface area (Å²) in [6, 6.07) is 10.0. The predicted octanol–water partition coefficient (Wildman–Crippen LogP) is 6.47. The second-order valence-electron chi connectivity index (χ2n) is 6.51. The van der Waals surface area contributed by atoms with Crippen molar-refractivity contribution in [1.29, 1.82) is 0 Å². The van der Waals surface area contributed by atoms with Crippen LogP contribution in [-0.2, 0) is 13.0 Å². The largest absolute Gasteiger partial charge is 0.513 e. The zero-order valence-corrected chi connectivity index (χ0v) is 16.9. The van der Waals surface area contributed by atoms with Crippen LogP contribution >= 0.6 is 24.4 Å². The molecule has 0 aliphatic heterocycles. The predicted molar refractivity (Wildman–Crippen MR) is 116 cm³/mol. The Hall–Kier alpha value is -2.04. The number of hydrogen-bond acceptors (Lipinski definition) is 3. The fourth-order valence-corrected chi connectivity index (χ4v) is 4.13. The van der Waals surface area contributed by atoms with Gasteiger partial charge < -0.3 is 14.4 Å². The van der Waals surface area contributed by atoms with Gasteiger partial charge in [-0.05, 0) is 61.2 Å². The molecule has 0 fully saturated rings. The van der Waals surface area contributed by atoms with E-state index in [0.29, 0.717) is 11.4 Å². The third-order valence-electron chi connectivity index (χ3n) is 4.88. The monoisotopic (exact) mass is 386 g/mol. The molecule has 0 radical (unpaired) electrons. The minimum absolute atomic E-state index is 0.138. The average Bonchev–Trinajstić information content (AvgIpc) is 2.92. The Morgan fingerprint density at radius 2 is 1.92 bits per heavy atom. The Bertz CT molecular complexity index is 990. The first-order valence-corrected chi connectivity index (χ1v) is 9.39. The molecule has 2 N–H and O–H groups in total. The molecular weight excluding hydrogens is 364 g/mol. The zero-order valence-electron chi connectivity index (χ0n) is 15.2. The van der Waals surface area contributed by atoms with E-state index in [-0.39, 0.29) is 5.76 Å². The molecule has 0 amide bonds. The van der Waals surface area contributed by atoms with E-state index in [1.807, 2.05) is 24.3 Å². The minimum atomic E-state index is 0.138. The van der Waals surface area contributed by atoms with Crippen molar-refractivity contribution >= 4 is 41.0 Å². The Kier molecular flexibility index (Phi) is 5.26. The van der Waals surface area contributed by atoms with E-state index in [4.69, 9.17) is 11.6 Å². The molecule has 0 unspecified atom stereocenters. The summed E-state index contributed by atoms with van der Waals surface area (Å²) in [7, 11) is 0. The molecule has 1 aromatic heterocycles. The summed E-state index contributed by atoms with van der Waals surface area (Å²) in [4.78, 5) is 0. The van der Waals surface area contributed by atoms with Crippen molar-refractivity contribution in [2.24, 2.45) is 0 Å². The first-order valence-electron chi connectivity index (χ1n) is 8.57. The maximum absolute atomic E-state index is 9.93. The van der Waals surface area contributed by atoms with Crippen molar-refractivity contribution in [3.05, 3.63) is 64.5 Å². The molecule has 3 nitrogen and oxygen atoms in total. The average molecular weight is 387 g/mol. The SMILES string of the molecule is C=C(O)Cc1c(C)c(NS)c2c(cc(C)n2CC)c1-c1ccc(Cl)cc1. The molecular formula is C21H23ClN2OS. The van der Waals surface area contributed by atoms with Crippen LogP contribution in [0.2, 0.25) is 5.02 Å². The minimum Gasteiger partial charge on any atom is -0.513 e. The van der Waals surface area contributed by atoms with Gasteiger partial charge in [0.1, 0.15) is 0 Å². The molecule has 3 aromatic rings. The fourth-order valence-electron chi connectivity index (χ4n) is 3.73. The molecule has 136 valence electrons. The van der Waals surface area contributed by atoms with E-state index >= 15 is 0 Å². The van der Waals surface area contributed by atoms with E-state index < -0.39 is 0 Å². The van der Waals surface area contributed by atoms with Crippen molar-refractivity contribution in [2.75, 3.05) is 4.72 Å². The number of hydrogen-bond donors (Lipinski definition) is 3. The fraction of sp³-hybridized carbons (Fsp3) is 0.238. The molecule has 0 aliphatic carbocycles. The molecule has 5 heteroatoms. The third-order valence-corrected chi connectivity index (χ3v) is 5.36. The highest BCUT2D eigenvalue weighted by molar-refractivity contribution is 7.81. The zero-order chi connectivity index (χ0) is 19.0. The van der Waals surface area contributed by atoms with Crippen LogP contribution in [0.5, 0.6) is 0 Å². The molecule has 1 heterocycles. The van der Waals surface area contributed by atoms with Gasteiger partial charge in [-0.2, -0.15) is 0 Å². The van der Waals surface area contributed by atoms with Gasteiger partial charge in [0.15, 0.2) is 0 Å². The Labute approximate surface area is 164 Å². The highest BCUT2D eigenvalue weighted by Gasteiger charge is 2.21. The number of allylic oxidation sites excluding steroid dienone is 1. The summed E-state index contributed by atoms with van der Waals surface area (Å²) in [6.45, 7) is 10.9. The smallest absolute Gasteiger partial charge is 0.0895 e. The quantitative estimate of drug-likeness (QED) is 0.347. The lowest BCUT2D eigenvalue weighted by molar-refractivity contribution is 0.401. The molecule has 0 spiro atoms. The van der Waals surface area contributed by atoms with E-state index in [2.05, 4.69) is 55.5 Å². The number of benzene rings is 2. The maximum atomic E-state index is 9.93. The molecule has 0 atom stereocenters. The Morgan fingerprint density at radius 3 is 2.46 bits per heavy atom. The number of aryl methyl sites for hydroxylation is 2. The van der Waals surface area contributed by atoms with Gasteiger partial charge in [-0.25, -0.2) is 0 Å². The highest BCUT2D eigenvalue weighted by Crippen LogP contribution is 2.42. The molecule has 0 aliphatic rings. The van der Waals surface area contributed by atoms with Crippen LogP contribution in [0.1, 0.15) is 23.7 Å². The van der Waals surface area contributed by atoms with Crippen LogP contribution < -0.4 is 4.72 Å². The first-order chi connectivity index (χ1) is 12.4. The summed E-state index contributed by atoms with van der Waals surface area (Å²) >= 11 is 10.5. The maximum Gasteiger partial charge on any atom is 0.0895 e. The van der Waals surface area contributed by atoms with Crippen LogP contribution in [0.4, 0.5) is 5.69 Å². The molecule has 3 rings (SSSR count). The number of aromatic nitrogens is 1.